The number of aromatic nitrogens is 3. The van der Waals surface area contributed by atoms with Crippen LogP contribution in [0, 0.1) is 0 Å². The second-order valence-electron chi connectivity index (χ2n) is 7.69. The quantitative estimate of drug-likeness (QED) is 0.235. The molecular weight excluding hydrogens is 522 g/mol. The van der Waals surface area contributed by atoms with Gasteiger partial charge in [0.2, 0.25) is 23.8 Å². The Labute approximate surface area is 210 Å². The minimum Gasteiger partial charge on any atom is -0.406 e. The molecule has 1 aromatic heterocycles. The van der Waals surface area contributed by atoms with E-state index >= 15 is 0 Å². The zero-order chi connectivity index (χ0) is 27.3. The minimum absolute atomic E-state index is 0.0155. The number of hydrazone groups is 1. The van der Waals surface area contributed by atoms with E-state index in [4.69, 9.17) is 0 Å². The summed E-state index contributed by atoms with van der Waals surface area (Å²) >= 11 is 0. The van der Waals surface area contributed by atoms with Gasteiger partial charge in [-0.05, 0) is 42.0 Å². The summed E-state index contributed by atoms with van der Waals surface area (Å²) in [5.41, 5.74) is 2.40. The predicted molar refractivity (Wildman–Crippen MR) is 124 cm³/mol. The van der Waals surface area contributed by atoms with E-state index in [1.165, 1.54) is 35.4 Å². The number of anilines is 4. The second-order valence-corrected chi connectivity index (χ2v) is 7.69. The van der Waals surface area contributed by atoms with Crippen molar-refractivity contribution in [2.24, 2.45) is 5.10 Å². The van der Waals surface area contributed by atoms with Gasteiger partial charge in [-0.3, -0.25) is 9.69 Å². The highest BCUT2D eigenvalue weighted by molar-refractivity contribution is 5.94. The number of halogens is 6. The van der Waals surface area contributed by atoms with Crippen LogP contribution in [0.1, 0.15) is 11.1 Å². The molecule has 1 aliphatic rings. The van der Waals surface area contributed by atoms with Crippen molar-refractivity contribution in [2.75, 3.05) is 35.3 Å². The summed E-state index contributed by atoms with van der Waals surface area (Å²) in [6.45, 7) is 0.805. The van der Waals surface area contributed by atoms with Gasteiger partial charge in [0.05, 0.1) is 18.3 Å². The molecule has 3 N–H and O–H groups in total. The molecule has 0 saturated carbocycles. The van der Waals surface area contributed by atoms with E-state index in [0.717, 1.165) is 24.3 Å². The molecule has 0 radical (unpaired) electrons. The number of nitrogens with one attached hydrogen (secondary N) is 3. The third-order valence-electron chi connectivity index (χ3n) is 4.91. The van der Waals surface area contributed by atoms with E-state index in [2.05, 4.69) is 40.8 Å². The number of amides is 1. The first-order valence-electron chi connectivity index (χ1n) is 10.8. The lowest BCUT2D eigenvalue weighted by Crippen LogP contribution is -2.49. The first-order valence-corrected chi connectivity index (χ1v) is 10.8. The summed E-state index contributed by atoms with van der Waals surface area (Å²) in [7, 11) is 0. The van der Waals surface area contributed by atoms with Crippen LogP contribution >= 0.6 is 0 Å². The predicted octanol–water partition coefficient (Wildman–Crippen LogP) is 3.91. The number of nitrogens with zero attached hydrogens (tertiary/aromatic N) is 5. The Bertz CT molecular complexity index is 1300. The molecule has 3 aromatic rings. The number of piperazine rings is 1. The third kappa shape index (κ3) is 7.28. The van der Waals surface area contributed by atoms with Crippen LogP contribution in [0.4, 0.5) is 49.9 Å². The molecule has 0 aliphatic carbocycles. The highest BCUT2D eigenvalue weighted by atomic mass is 19.4. The molecule has 1 amide bonds. The molecule has 0 atom stereocenters. The Morgan fingerprint density at radius 2 is 1.63 bits per heavy atom. The molecule has 1 fully saturated rings. The maximum absolute atomic E-state index is 12.7. The largest absolute Gasteiger partial charge is 0.573 e. The van der Waals surface area contributed by atoms with Gasteiger partial charge in [-0.15, -0.1) is 13.2 Å². The van der Waals surface area contributed by atoms with Gasteiger partial charge in [0.15, 0.2) is 0 Å². The lowest BCUT2D eigenvalue weighted by atomic mass is 10.1. The summed E-state index contributed by atoms with van der Waals surface area (Å²) in [4.78, 5) is 26.2. The van der Waals surface area contributed by atoms with Gasteiger partial charge in [-0.1, -0.05) is 12.1 Å². The van der Waals surface area contributed by atoms with Crippen LogP contribution in [-0.2, 0) is 11.0 Å². The van der Waals surface area contributed by atoms with Gasteiger partial charge in [-0.25, -0.2) is 5.43 Å². The van der Waals surface area contributed by atoms with E-state index in [1.807, 2.05) is 0 Å². The molecule has 0 bridgehead atoms. The minimum atomic E-state index is -4.84. The molecular formula is C22H18F6N8O2. The number of alkyl halides is 6. The Hall–Kier alpha value is -4.47. The van der Waals surface area contributed by atoms with Crippen molar-refractivity contribution in [3.8, 4) is 5.75 Å². The summed E-state index contributed by atoms with van der Waals surface area (Å²) in [6.07, 6.45) is -8.06. The lowest BCUT2D eigenvalue weighted by molar-refractivity contribution is -0.274. The molecule has 38 heavy (non-hydrogen) atoms. The number of carbonyl (C=O) groups is 1. The van der Waals surface area contributed by atoms with Gasteiger partial charge in [0.25, 0.3) is 0 Å². The van der Waals surface area contributed by atoms with E-state index in [0.29, 0.717) is 17.8 Å². The highest BCUT2D eigenvalue weighted by Gasteiger charge is 2.31. The molecule has 200 valence electrons. The molecule has 2 aromatic carbocycles. The van der Waals surface area contributed by atoms with Gasteiger partial charge >= 0.3 is 12.5 Å². The Morgan fingerprint density at radius 3 is 2.26 bits per heavy atom. The number of benzene rings is 2. The number of hydrogen-bond acceptors (Lipinski definition) is 9. The normalized spacial score (nSPS) is 14.6. The number of rotatable bonds is 7. The van der Waals surface area contributed by atoms with Crippen molar-refractivity contribution in [3.63, 3.8) is 0 Å². The highest BCUT2D eigenvalue weighted by Crippen LogP contribution is 2.29. The SMILES string of the molecule is O=C1CNCCN1c1nc(N/N=C/c2ccc(C(F)(F)F)cc2)nc(Nc2ccc(OC(F)(F)F)cc2)n1. The number of hydrogen-bond donors (Lipinski definition) is 3. The van der Waals surface area contributed by atoms with E-state index in [1.54, 1.807) is 0 Å². The van der Waals surface area contributed by atoms with Crippen molar-refractivity contribution >= 4 is 35.7 Å². The Balaban J connectivity index is 1.54. The Morgan fingerprint density at radius 1 is 0.947 bits per heavy atom. The van der Waals surface area contributed by atoms with Crippen molar-refractivity contribution < 1.29 is 35.9 Å². The lowest BCUT2D eigenvalue weighted by Gasteiger charge is -2.25. The molecule has 0 unspecified atom stereocenters. The van der Waals surface area contributed by atoms with Gasteiger partial charge in [0.1, 0.15) is 5.75 Å². The summed E-state index contributed by atoms with van der Waals surface area (Å²) in [5.74, 6) is -0.910. The van der Waals surface area contributed by atoms with Crippen LogP contribution in [0.15, 0.2) is 53.6 Å². The van der Waals surface area contributed by atoms with Crippen molar-refractivity contribution in [2.45, 2.75) is 12.5 Å². The second kappa shape index (κ2) is 10.9. The topological polar surface area (TPSA) is 117 Å². The summed E-state index contributed by atoms with van der Waals surface area (Å²) in [6, 6.07) is 9.05. The van der Waals surface area contributed by atoms with Crippen LogP contribution in [0.3, 0.4) is 0 Å². The fourth-order valence-electron chi connectivity index (χ4n) is 3.20. The van der Waals surface area contributed by atoms with Crippen LogP contribution in [-0.4, -0.2) is 53.1 Å². The molecule has 16 heteroatoms. The molecule has 1 saturated heterocycles. The average molecular weight is 540 g/mol. The molecule has 2 heterocycles. The van der Waals surface area contributed by atoms with Crippen LogP contribution in [0.2, 0.25) is 0 Å². The fraction of sp³-hybridized carbons (Fsp3) is 0.227. The van der Waals surface area contributed by atoms with Crippen LogP contribution in [0.5, 0.6) is 5.75 Å². The zero-order valence-corrected chi connectivity index (χ0v) is 19.1. The molecule has 1 aliphatic heterocycles. The molecule has 10 nitrogen and oxygen atoms in total. The van der Waals surface area contributed by atoms with Crippen molar-refractivity contribution in [1.29, 1.82) is 0 Å². The van der Waals surface area contributed by atoms with Crippen molar-refractivity contribution in [1.82, 2.24) is 20.3 Å². The van der Waals surface area contributed by atoms with E-state index < -0.39 is 23.9 Å². The monoisotopic (exact) mass is 540 g/mol. The molecule has 0 spiro atoms. The first kappa shape index (κ1) is 26.6. The van der Waals surface area contributed by atoms with Crippen LogP contribution < -0.4 is 25.7 Å². The Kier molecular flexibility index (Phi) is 7.61. The maximum atomic E-state index is 12.7. The number of carbonyl (C=O) groups excluding carboxylic acids is 1. The van der Waals surface area contributed by atoms with Gasteiger partial charge in [-0.2, -0.15) is 33.2 Å². The zero-order valence-electron chi connectivity index (χ0n) is 19.1. The standard InChI is InChI=1S/C22H18F6N8O2/c23-21(24,25)14-3-1-13(2-4-14)11-30-35-19-32-18(33-20(34-19)36-10-9-29-12-17(36)37)31-15-5-7-16(8-6-15)38-22(26,27)28/h1-8,11,29H,9-10,12H2,(H2,31,32,33,34,35)/b30-11+. The van der Waals surface area contributed by atoms with Gasteiger partial charge in [0, 0.05) is 18.8 Å². The average Bonchev–Trinajstić information content (AvgIpc) is 2.84. The van der Waals surface area contributed by atoms with Crippen molar-refractivity contribution in [3.05, 3.63) is 59.7 Å². The number of ether oxygens (including phenoxy) is 1. The smallest absolute Gasteiger partial charge is 0.406 e. The van der Waals surface area contributed by atoms with E-state index in [9.17, 15) is 31.1 Å². The maximum Gasteiger partial charge on any atom is 0.573 e. The van der Waals surface area contributed by atoms with Gasteiger partial charge < -0.3 is 15.4 Å². The first-order chi connectivity index (χ1) is 18.0. The summed E-state index contributed by atoms with van der Waals surface area (Å²) in [5, 5.41) is 9.64. The third-order valence-corrected chi connectivity index (χ3v) is 4.91. The van der Waals surface area contributed by atoms with E-state index in [-0.39, 0.29) is 36.8 Å². The molecule has 4 rings (SSSR count). The fourth-order valence-corrected chi connectivity index (χ4v) is 3.20. The summed E-state index contributed by atoms with van der Waals surface area (Å²) < 4.78 is 79.2. The van der Waals surface area contributed by atoms with Crippen LogP contribution in [0.25, 0.3) is 0 Å².